The van der Waals surface area contributed by atoms with Gasteiger partial charge in [0.15, 0.2) is 0 Å². The number of aromatic nitrogens is 2. The number of nitrogen functional groups attached to an aromatic ring is 2. The molecule has 1 aromatic heterocycles. The first-order valence-electron chi connectivity index (χ1n) is 3.40. The zero-order valence-corrected chi connectivity index (χ0v) is 7.77. The molecule has 1 rings (SSSR count). The zero-order valence-electron chi connectivity index (χ0n) is 6.96. The molecule has 0 aliphatic rings. The summed E-state index contributed by atoms with van der Waals surface area (Å²) in [6.45, 7) is 1.83. The molecular weight excluding hydrogens is 174 g/mol. The van der Waals surface area contributed by atoms with E-state index in [1.54, 1.807) is 7.05 Å². The van der Waals surface area contributed by atoms with Gasteiger partial charge in [0.2, 0.25) is 4.77 Å². The number of hydrogen-bond donors (Lipinski definition) is 3. The number of hydrogen-bond acceptors (Lipinski definition) is 5. The van der Waals surface area contributed by atoms with E-state index in [-0.39, 0.29) is 4.77 Å². The van der Waals surface area contributed by atoms with Crippen LogP contribution in [0.1, 0.15) is 5.56 Å². The minimum Gasteiger partial charge on any atom is -0.383 e. The summed E-state index contributed by atoms with van der Waals surface area (Å²) in [6.07, 6.45) is 0. The van der Waals surface area contributed by atoms with Gasteiger partial charge in [-0.2, -0.15) is 0 Å². The van der Waals surface area contributed by atoms with Crippen LogP contribution in [0.4, 0.5) is 11.6 Å². The molecule has 0 aliphatic carbocycles. The van der Waals surface area contributed by atoms with Crippen molar-refractivity contribution < 1.29 is 0 Å². The van der Waals surface area contributed by atoms with E-state index in [1.165, 1.54) is 4.68 Å². The van der Waals surface area contributed by atoms with Gasteiger partial charge in [0, 0.05) is 12.6 Å². The maximum absolute atomic E-state index is 5.59. The molecule has 66 valence electrons. The summed E-state index contributed by atoms with van der Waals surface area (Å²) in [7, 11) is 1.75. The third-order valence-corrected chi connectivity index (χ3v) is 1.93. The van der Waals surface area contributed by atoms with Crippen LogP contribution in [0.25, 0.3) is 0 Å². The molecule has 6 heteroatoms. The van der Waals surface area contributed by atoms with Crippen molar-refractivity contribution in [3.8, 4) is 0 Å². The van der Waals surface area contributed by atoms with Crippen LogP contribution in [0.15, 0.2) is 0 Å². The van der Waals surface area contributed by atoms with Crippen LogP contribution in [0.5, 0.6) is 0 Å². The molecule has 0 bridgehead atoms. The van der Waals surface area contributed by atoms with E-state index in [9.17, 15) is 0 Å². The van der Waals surface area contributed by atoms with Crippen molar-refractivity contribution in [2.24, 2.45) is 0 Å². The molecule has 5 N–H and O–H groups in total. The van der Waals surface area contributed by atoms with Gasteiger partial charge in [-0.25, -0.2) is 9.66 Å². The molecule has 0 radical (unpaired) electrons. The molecular formula is C6H11N5S. The van der Waals surface area contributed by atoms with Gasteiger partial charge < -0.3 is 16.9 Å². The van der Waals surface area contributed by atoms with Crippen LogP contribution in [0.2, 0.25) is 0 Å². The third-order valence-electron chi connectivity index (χ3n) is 1.64. The molecule has 1 aromatic rings. The average Bonchev–Trinajstić information content (AvgIpc) is 2.02. The van der Waals surface area contributed by atoms with Crippen LogP contribution in [0.3, 0.4) is 0 Å². The highest BCUT2D eigenvalue weighted by atomic mass is 32.1. The lowest BCUT2D eigenvalue weighted by Crippen LogP contribution is -2.19. The predicted molar refractivity (Wildman–Crippen MR) is 51.9 cm³/mol. The minimum atomic E-state index is 0.266. The lowest BCUT2D eigenvalue weighted by atomic mass is 10.3. The fraction of sp³-hybridized carbons (Fsp3) is 0.333. The largest absolute Gasteiger partial charge is 0.383 e. The monoisotopic (exact) mass is 185 g/mol. The number of nitrogens with two attached hydrogens (primary N) is 2. The Kier molecular flexibility index (Phi) is 2.18. The highest BCUT2D eigenvalue weighted by Crippen LogP contribution is 2.16. The molecule has 0 aromatic carbocycles. The second-order valence-electron chi connectivity index (χ2n) is 2.37. The fourth-order valence-electron chi connectivity index (χ4n) is 0.946. The van der Waals surface area contributed by atoms with Gasteiger partial charge in [0.05, 0.1) is 0 Å². The molecule has 12 heavy (non-hydrogen) atoms. The lowest BCUT2D eigenvalue weighted by molar-refractivity contribution is 0.908. The quantitative estimate of drug-likeness (QED) is 0.432. The summed E-state index contributed by atoms with van der Waals surface area (Å²) in [5.41, 5.74) is 6.38. The standard InChI is InChI=1S/C6H11N5S/c1-3-4(7)10-6(12)11(8)5(3)9-2/h9H,8H2,1-2H3,(H2,7,10,12). The van der Waals surface area contributed by atoms with Gasteiger partial charge in [-0.1, -0.05) is 0 Å². The van der Waals surface area contributed by atoms with E-state index in [4.69, 9.17) is 23.8 Å². The van der Waals surface area contributed by atoms with E-state index in [2.05, 4.69) is 10.3 Å². The number of nitrogens with one attached hydrogen (secondary N) is 1. The van der Waals surface area contributed by atoms with E-state index in [0.717, 1.165) is 5.56 Å². The fourth-order valence-corrected chi connectivity index (χ4v) is 1.14. The van der Waals surface area contributed by atoms with Gasteiger partial charge in [-0.15, -0.1) is 0 Å². The molecule has 0 aliphatic heterocycles. The molecule has 5 nitrogen and oxygen atoms in total. The molecule has 0 saturated carbocycles. The van der Waals surface area contributed by atoms with Crippen molar-refractivity contribution in [2.75, 3.05) is 23.9 Å². The van der Waals surface area contributed by atoms with Gasteiger partial charge in [0.1, 0.15) is 11.6 Å². The summed E-state index contributed by atoms with van der Waals surface area (Å²) < 4.78 is 1.56. The van der Waals surface area contributed by atoms with Gasteiger partial charge in [-0.05, 0) is 19.1 Å². The van der Waals surface area contributed by atoms with Crippen LogP contribution in [-0.2, 0) is 0 Å². The first-order valence-corrected chi connectivity index (χ1v) is 3.80. The molecule has 0 atom stereocenters. The molecule has 1 heterocycles. The molecule has 0 fully saturated rings. The smallest absolute Gasteiger partial charge is 0.221 e. The lowest BCUT2D eigenvalue weighted by Gasteiger charge is -2.11. The summed E-state index contributed by atoms with van der Waals surface area (Å²) in [4.78, 5) is 3.87. The van der Waals surface area contributed by atoms with Gasteiger partial charge in [-0.3, -0.25) is 0 Å². The van der Waals surface area contributed by atoms with Gasteiger partial charge in [0.25, 0.3) is 0 Å². The summed E-state index contributed by atoms with van der Waals surface area (Å²) >= 11 is 4.86. The zero-order chi connectivity index (χ0) is 9.30. The summed E-state index contributed by atoms with van der Waals surface area (Å²) in [6, 6.07) is 0. The molecule has 0 spiro atoms. The normalized spacial score (nSPS) is 9.83. The van der Waals surface area contributed by atoms with Crippen LogP contribution in [0, 0.1) is 11.7 Å². The van der Waals surface area contributed by atoms with E-state index in [1.807, 2.05) is 6.92 Å². The minimum absolute atomic E-state index is 0.266. The van der Waals surface area contributed by atoms with Crippen molar-refractivity contribution in [3.63, 3.8) is 0 Å². The SMILES string of the molecule is CNc1c(C)c(N)nc(=S)n1N. The first-order chi connectivity index (χ1) is 5.57. The Morgan fingerprint density at radius 3 is 2.67 bits per heavy atom. The predicted octanol–water partition coefficient (Wildman–Crippen LogP) is 0.259. The molecule has 0 saturated heterocycles. The Hall–Kier alpha value is -1.30. The summed E-state index contributed by atoms with van der Waals surface area (Å²) in [5, 5.41) is 2.90. The maximum atomic E-state index is 5.59. The highest BCUT2D eigenvalue weighted by Gasteiger charge is 2.05. The second kappa shape index (κ2) is 2.98. The van der Waals surface area contributed by atoms with Crippen molar-refractivity contribution in [2.45, 2.75) is 6.92 Å². The van der Waals surface area contributed by atoms with Crippen LogP contribution < -0.4 is 16.9 Å². The number of anilines is 2. The number of rotatable bonds is 1. The Morgan fingerprint density at radius 2 is 2.17 bits per heavy atom. The molecule has 0 amide bonds. The highest BCUT2D eigenvalue weighted by molar-refractivity contribution is 7.71. The topological polar surface area (TPSA) is 81.9 Å². The van der Waals surface area contributed by atoms with Crippen molar-refractivity contribution >= 4 is 23.9 Å². The Morgan fingerprint density at radius 1 is 1.58 bits per heavy atom. The van der Waals surface area contributed by atoms with Crippen LogP contribution in [-0.4, -0.2) is 16.7 Å². The second-order valence-corrected chi connectivity index (χ2v) is 2.74. The van der Waals surface area contributed by atoms with Crippen molar-refractivity contribution in [3.05, 3.63) is 10.3 Å². The van der Waals surface area contributed by atoms with E-state index < -0.39 is 0 Å². The third kappa shape index (κ3) is 1.20. The van der Waals surface area contributed by atoms with Gasteiger partial charge >= 0.3 is 0 Å². The van der Waals surface area contributed by atoms with E-state index in [0.29, 0.717) is 11.6 Å². The number of nitrogens with zero attached hydrogens (tertiary/aromatic N) is 2. The Balaban J connectivity index is 3.53. The van der Waals surface area contributed by atoms with Crippen molar-refractivity contribution in [1.29, 1.82) is 0 Å². The van der Waals surface area contributed by atoms with E-state index >= 15 is 0 Å². The molecule has 0 unspecified atom stereocenters. The first kappa shape index (κ1) is 8.79. The maximum Gasteiger partial charge on any atom is 0.221 e. The van der Waals surface area contributed by atoms with Crippen molar-refractivity contribution in [1.82, 2.24) is 9.66 Å². The average molecular weight is 185 g/mol. The summed E-state index contributed by atoms with van der Waals surface area (Å²) in [5.74, 6) is 6.69. The Bertz CT molecular complexity index is 356. The Labute approximate surface area is 75.4 Å². The van der Waals surface area contributed by atoms with Crippen LogP contribution >= 0.6 is 12.2 Å².